The van der Waals surface area contributed by atoms with E-state index in [2.05, 4.69) is 5.32 Å². The molecule has 0 aromatic heterocycles. The minimum absolute atomic E-state index is 0.0546. The van der Waals surface area contributed by atoms with Crippen LogP contribution in [0.5, 0.6) is 5.75 Å². The van der Waals surface area contributed by atoms with E-state index in [-0.39, 0.29) is 5.69 Å². The molecular formula is C14H20N2O4. The molecule has 1 aliphatic carbocycles. The predicted octanol–water partition coefficient (Wildman–Crippen LogP) is 1.87. The molecule has 0 saturated heterocycles. The molecule has 0 unspecified atom stereocenters. The van der Waals surface area contributed by atoms with E-state index in [1.54, 1.807) is 12.1 Å². The summed E-state index contributed by atoms with van der Waals surface area (Å²) in [7, 11) is 0. The average Bonchev–Trinajstić information content (AvgIpc) is 2.86. The highest BCUT2D eigenvalue weighted by Gasteiger charge is 2.30. The summed E-state index contributed by atoms with van der Waals surface area (Å²) in [6.45, 7) is 1.70. The van der Waals surface area contributed by atoms with E-state index < -0.39 is 10.5 Å². The fourth-order valence-corrected chi connectivity index (χ4v) is 2.44. The van der Waals surface area contributed by atoms with Crippen molar-refractivity contribution in [2.75, 3.05) is 19.7 Å². The molecule has 0 aliphatic heterocycles. The molecule has 0 radical (unpaired) electrons. The highest BCUT2D eigenvalue weighted by atomic mass is 16.6. The van der Waals surface area contributed by atoms with Gasteiger partial charge in [0.2, 0.25) is 0 Å². The van der Waals surface area contributed by atoms with Crippen LogP contribution in [0.3, 0.4) is 0 Å². The van der Waals surface area contributed by atoms with Gasteiger partial charge in [-0.2, -0.15) is 0 Å². The Morgan fingerprint density at radius 3 is 2.55 bits per heavy atom. The van der Waals surface area contributed by atoms with Crippen LogP contribution < -0.4 is 10.1 Å². The Balaban J connectivity index is 1.64. The Morgan fingerprint density at radius 1 is 1.30 bits per heavy atom. The second-order valence-electron chi connectivity index (χ2n) is 5.21. The number of nitro benzene ring substituents is 1. The highest BCUT2D eigenvalue weighted by Crippen LogP contribution is 2.28. The molecule has 0 atom stereocenters. The summed E-state index contributed by atoms with van der Waals surface area (Å²) >= 11 is 0. The molecule has 1 aromatic rings. The Morgan fingerprint density at radius 2 is 1.95 bits per heavy atom. The van der Waals surface area contributed by atoms with Crippen molar-refractivity contribution in [3.63, 3.8) is 0 Å². The molecule has 20 heavy (non-hydrogen) atoms. The number of hydrogen-bond acceptors (Lipinski definition) is 5. The van der Waals surface area contributed by atoms with Crippen LogP contribution in [-0.4, -0.2) is 35.3 Å². The van der Waals surface area contributed by atoms with Crippen molar-refractivity contribution in [1.82, 2.24) is 5.32 Å². The number of nitrogens with zero attached hydrogens (tertiary/aromatic N) is 1. The number of benzene rings is 1. The molecule has 1 aliphatic rings. The Bertz CT molecular complexity index is 441. The second kappa shape index (κ2) is 6.67. The summed E-state index contributed by atoms with van der Waals surface area (Å²) in [5.74, 6) is 0.608. The van der Waals surface area contributed by atoms with Crippen molar-refractivity contribution in [2.45, 2.75) is 31.3 Å². The van der Waals surface area contributed by atoms with Crippen LogP contribution in [0.25, 0.3) is 0 Å². The van der Waals surface area contributed by atoms with E-state index in [0.717, 1.165) is 25.7 Å². The van der Waals surface area contributed by atoms with E-state index in [1.165, 1.54) is 12.1 Å². The minimum Gasteiger partial charge on any atom is -0.492 e. The van der Waals surface area contributed by atoms with E-state index in [9.17, 15) is 15.2 Å². The average molecular weight is 280 g/mol. The lowest BCUT2D eigenvalue weighted by molar-refractivity contribution is -0.384. The van der Waals surface area contributed by atoms with Gasteiger partial charge in [0.25, 0.3) is 5.69 Å². The number of rotatable bonds is 7. The van der Waals surface area contributed by atoms with Gasteiger partial charge in [0, 0.05) is 25.2 Å². The molecule has 1 fully saturated rings. The zero-order chi connectivity index (χ0) is 14.4. The molecule has 6 heteroatoms. The van der Waals surface area contributed by atoms with Crippen LogP contribution in [0.2, 0.25) is 0 Å². The van der Waals surface area contributed by atoms with Crippen LogP contribution in [0.15, 0.2) is 24.3 Å². The Hall–Kier alpha value is -1.66. The smallest absolute Gasteiger partial charge is 0.269 e. The first kappa shape index (κ1) is 14.7. The highest BCUT2D eigenvalue weighted by molar-refractivity contribution is 5.35. The van der Waals surface area contributed by atoms with Crippen LogP contribution in [0.4, 0.5) is 5.69 Å². The van der Waals surface area contributed by atoms with Crippen LogP contribution in [0, 0.1) is 10.1 Å². The van der Waals surface area contributed by atoms with Crippen molar-refractivity contribution in [1.29, 1.82) is 0 Å². The summed E-state index contributed by atoms with van der Waals surface area (Å²) in [4.78, 5) is 10.1. The first-order chi connectivity index (χ1) is 9.59. The van der Waals surface area contributed by atoms with Crippen LogP contribution >= 0.6 is 0 Å². The van der Waals surface area contributed by atoms with Gasteiger partial charge < -0.3 is 15.2 Å². The molecule has 110 valence electrons. The van der Waals surface area contributed by atoms with Crippen molar-refractivity contribution in [2.24, 2.45) is 0 Å². The summed E-state index contributed by atoms with van der Waals surface area (Å²) < 4.78 is 5.47. The first-order valence-electron chi connectivity index (χ1n) is 6.89. The SMILES string of the molecule is O=[N+]([O-])c1ccc(OCCNCC2(O)CCCC2)cc1. The number of ether oxygens (including phenoxy) is 1. The summed E-state index contributed by atoms with van der Waals surface area (Å²) in [5.41, 5.74) is -0.494. The number of non-ortho nitro benzene ring substituents is 1. The van der Waals surface area contributed by atoms with Gasteiger partial charge >= 0.3 is 0 Å². The topological polar surface area (TPSA) is 84.6 Å². The zero-order valence-electron chi connectivity index (χ0n) is 11.4. The normalized spacial score (nSPS) is 17.1. The van der Waals surface area contributed by atoms with E-state index in [0.29, 0.717) is 25.4 Å². The number of nitrogens with one attached hydrogen (secondary N) is 1. The number of aliphatic hydroxyl groups is 1. The van der Waals surface area contributed by atoms with E-state index in [4.69, 9.17) is 4.74 Å². The van der Waals surface area contributed by atoms with Gasteiger partial charge in [0.15, 0.2) is 0 Å². The molecule has 1 aromatic carbocycles. The maximum absolute atomic E-state index is 10.5. The third-order valence-electron chi connectivity index (χ3n) is 3.58. The van der Waals surface area contributed by atoms with Gasteiger partial charge in [0.1, 0.15) is 12.4 Å². The van der Waals surface area contributed by atoms with Gasteiger partial charge in [-0.15, -0.1) is 0 Å². The lowest BCUT2D eigenvalue weighted by Crippen LogP contribution is -2.39. The molecular weight excluding hydrogens is 260 g/mol. The summed E-state index contributed by atoms with van der Waals surface area (Å²) in [6, 6.07) is 6.01. The number of hydrogen-bond donors (Lipinski definition) is 2. The van der Waals surface area contributed by atoms with Crippen molar-refractivity contribution < 1.29 is 14.8 Å². The summed E-state index contributed by atoms with van der Waals surface area (Å²) in [5, 5.41) is 23.8. The zero-order valence-corrected chi connectivity index (χ0v) is 11.4. The molecule has 0 heterocycles. The van der Waals surface area contributed by atoms with Gasteiger partial charge in [-0.05, 0) is 25.0 Å². The Labute approximate surface area is 117 Å². The summed E-state index contributed by atoms with van der Waals surface area (Å²) in [6.07, 6.45) is 3.92. The third kappa shape index (κ3) is 4.18. The lowest BCUT2D eigenvalue weighted by atomic mass is 10.0. The molecule has 2 rings (SSSR count). The molecule has 0 amide bonds. The maximum Gasteiger partial charge on any atom is 0.269 e. The molecule has 2 N–H and O–H groups in total. The van der Waals surface area contributed by atoms with Gasteiger partial charge in [-0.25, -0.2) is 0 Å². The van der Waals surface area contributed by atoms with Gasteiger partial charge in [-0.1, -0.05) is 12.8 Å². The van der Waals surface area contributed by atoms with Crippen LogP contribution in [0.1, 0.15) is 25.7 Å². The largest absolute Gasteiger partial charge is 0.492 e. The van der Waals surface area contributed by atoms with Crippen molar-refractivity contribution in [3.8, 4) is 5.75 Å². The Kier molecular flexibility index (Phi) is 4.92. The monoisotopic (exact) mass is 280 g/mol. The third-order valence-corrected chi connectivity index (χ3v) is 3.58. The van der Waals surface area contributed by atoms with Crippen LogP contribution in [-0.2, 0) is 0 Å². The fourth-order valence-electron chi connectivity index (χ4n) is 2.44. The molecule has 0 spiro atoms. The van der Waals surface area contributed by atoms with Crippen molar-refractivity contribution in [3.05, 3.63) is 34.4 Å². The van der Waals surface area contributed by atoms with E-state index in [1.807, 2.05) is 0 Å². The lowest BCUT2D eigenvalue weighted by Gasteiger charge is -2.22. The second-order valence-corrected chi connectivity index (χ2v) is 5.21. The minimum atomic E-state index is -0.548. The standard InChI is InChI=1S/C14H20N2O4/c17-14(7-1-2-8-14)11-15-9-10-20-13-5-3-12(4-6-13)16(18)19/h3-6,15,17H,1-2,7-11H2. The van der Waals surface area contributed by atoms with Crippen molar-refractivity contribution >= 4 is 5.69 Å². The predicted molar refractivity (Wildman–Crippen MR) is 74.9 cm³/mol. The molecule has 0 bridgehead atoms. The fraction of sp³-hybridized carbons (Fsp3) is 0.571. The quantitative estimate of drug-likeness (QED) is 0.452. The van der Waals surface area contributed by atoms with Gasteiger partial charge in [0.05, 0.1) is 10.5 Å². The molecule has 1 saturated carbocycles. The molecule has 6 nitrogen and oxygen atoms in total. The number of nitro groups is 1. The first-order valence-corrected chi connectivity index (χ1v) is 6.89. The maximum atomic E-state index is 10.5. The van der Waals surface area contributed by atoms with E-state index >= 15 is 0 Å². The van der Waals surface area contributed by atoms with Gasteiger partial charge in [-0.3, -0.25) is 10.1 Å².